The second kappa shape index (κ2) is 13.9. The Labute approximate surface area is 247 Å². The molecular formula is C37H48N4+4. The van der Waals surface area contributed by atoms with Crippen LogP contribution in [-0.4, -0.2) is 17.3 Å². The number of aryl methyl sites for hydroxylation is 6. The van der Waals surface area contributed by atoms with E-state index in [9.17, 15) is 0 Å². The van der Waals surface area contributed by atoms with Crippen LogP contribution in [0.4, 0.5) is 5.69 Å². The van der Waals surface area contributed by atoms with E-state index in [1.807, 2.05) is 49.4 Å². The highest BCUT2D eigenvalue weighted by molar-refractivity contribution is 5.93. The van der Waals surface area contributed by atoms with Gasteiger partial charge in [0.05, 0.1) is 5.41 Å². The molecule has 0 unspecified atom stereocenters. The van der Waals surface area contributed by atoms with E-state index >= 15 is 0 Å². The predicted octanol–water partition coefficient (Wildman–Crippen LogP) is 6.32. The Morgan fingerprint density at radius 2 is 1.17 bits per heavy atom. The predicted molar refractivity (Wildman–Crippen MR) is 171 cm³/mol. The summed E-state index contributed by atoms with van der Waals surface area (Å²) in [5.74, 6) is 0. The fraction of sp³-hybridized carbons (Fsp3) is 0.297. The minimum absolute atomic E-state index is 0.200. The van der Waals surface area contributed by atoms with Crippen molar-refractivity contribution in [3.63, 3.8) is 0 Å². The third-order valence-corrected chi connectivity index (χ3v) is 8.06. The quantitative estimate of drug-likeness (QED) is 0.201. The van der Waals surface area contributed by atoms with Crippen molar-refractivity contribution < 1.29 is 18.3 Å². The SMILES string of the molecule is CC1=[N+](C)c2ccccc2C1(C)C.Cc1cc[n+](C)c2ccccc12.Cc1cc[n+](C)cc1.Cc1cccc[n+]1C. The normalized spacial score (nSPS) is 12.7. The highest BCUT2D eigenvalue weighted by atomic mass is 15.0. The van der Waals surface area contributed by atoms with Gasteiger partial charge in [-0.2, -0.15) is 0 Å². The Kier molecular flexibility index (Phi) is 10.7. The Balaban J connectivity index is 0.000000154. The average molecular weight is 549 g/mol. The van der Waals surface area contributed by atoms with Crippen molar-refractivity contribution in [1.82, 2.24) is 0 Å². The van der Waals surface area contributed by atoms with Crippen LogP contribution in [0.3, 0.4) is 0 Å². The van der Waals surface area contributed by atoms with Crippen molar-refractivity contribution in [3.8, 4) is 0 Å². The van der Waals surface area contributed by atoms with Crippen LogP contribution in [0.2, 0.25) is 0 Å². The van der Waals surface area contributed by atoms with E-state index < -0.39 is 0 Å². The van der Waals surface area contributed by atoms with Crippen molar-refractivity contribution >= 4 is 22.3 Å². The molecule has 0 amide bonds. The average Bonchev–Trinajstić information content (AvgIpc) is 3.15. The molecule has 0 saturated heterocycles. The number of hydrogen-bond donors (Lipinski definition) is 0. The number of nitrogens with zero attached hydrogens (tertiary/aromatic N) is 4. The zero-order valence-corrected chi connectivity index (χ0v) is 26.7. The second-order valence-corrected chi connectivity index (χ2v) is 11.4. The lowest BCUT2D eigenvalue weighted by atomic mass is 9.82. The standard InChI is InChI=1S/C12H16N.C11H12N.2C7H10N/c1-9-12(2,3)10-7-5-6-8-11(10)13(9)4;1-9-7-8-12(2)11-6-4-3-5-10(9)11;1-7-3-5-8(2)6-4-7;1-7-5-3-4-6-8(7)2/h5-8H,1-4H3;3-8H,1-2H3;2*3-6H,1-2H3/q4*+1. The fourth-order valence-electron chi connectivity index (χ4n) is 4.78. The van der Waals surface area contributed by atoms with E-state index in [4.69, 9.17) is 0 Å². The minimum atomic E-state index is 0.200. The van der Waals surface area contributed by atoms with Gasteiger partial charge in [-0.05, 0) is 44.9 Å². The van der Waals surface area contributed by atoms with Gasteiger partial charge < -0.3 is 0 Å². The highest BCUT2D eigenvalue weighted by Gasteiger charge is 2.40. The number of para-hydroxylation sites is 2. The minimum Gasteiger partial charge on any atom is -0.208 e. The molecule has 4 heteroatoms. The highest BCUT2D eigenvalue weighted by Crippen LogP contribution is 2.38. The number of pyridine rings is 3. The van der Waals surface area contributed by atoms with Crippen molar-refractivity contribution in [1.29, 1.82) is 0 Å². The molecule has 0 atom stereocenters. The Hall–Kier alpha value is -4.18. The van der Waals surface area contributed by atoms with Crippen LogP contribution in [0.1, 0.15) is 43.2 Å². The van der Waals surface area contributed by atoms with Gasteiger partial charge in [0.1, 0.15) is 28.2 Å². The summed E-state index contributed by atoms with van der Waals surface area (Å²) in [6.45, 7) is 13.1. The maximum absolute atomic E-state index is 2.29. The van der Waals surface area contributed by atoms with Gasteiger partial charge in [0.2, 0.25) is 11.2 Å². The molecule has 0 bridgehead atoms. The van der Waals surface area contributed by atoms with E-state index in [0.29, 0.717) is 0 Å². The molecule has 41 heavy (non-hydrogen) atoms. The zero-order valence-electron chi connectivity index (χ0n) is 26.7. The van der Waals surface area contributed by atoms with Gasteiger partial charge in [-0.1, -0.05) is 36.4 Å². The van der Waals surface area contributed by atoms with Crippen LogP contribution in [-0.2, 0) is 26.6 Å². The smallest absolute Gasteiger partial charge is 0.208 e. The summed E-state index contributed by atoms with van der Waals surface area (Å²) in [4.78, 5) is 0. The number of hydrogen-bond acceptors (Lipinski definition) is 0. The first-order valence-electron chi connectivity index (χ1n) is 14.3. The fourth-order valence-corrected chi connectivity index (χ4v) is 4.78. The number of benzene rings is 2. The second-order valence-electron chi connectivity index (χ2n) is 11.4. The van der Waals surface area contributed by atoms with E-state index in [1.54, 1.807) is 0 Å². The first-order valence-corrected chi connectivity index (χ1v) is 14.3. The summed E-state index contributed by atoms with van der Waals surface area (Å²) < 4.78 is 8.53. The number of aromatic nitrogens is 3. The third kappa shape index (κ3) is 7.94. The van der Waals surface area contributed by atoms with E-state index in [1.165, 1.54) is 44.7 Å². The van der Waals surface area contributed by atoms with Gasteiger partial charge in [0.15, 0.2) is 36.2 Å². The summed E-state index contributed by atoms with van der Waals surface area (Å²) in [5, 5.41) is 1.34. The molecule has 1 aliphatic heterocycles. The monoisotopic (exact) mass is 548 g/mol. The van der Waals surface area contributed by atoms with Crippen LogP contribution < -0.4 is 13.7 Å². The molecule has 3 aromatic heterocycles. The molecule has 4 nitrogen and oxygen atoms in total. The molecule has 0 aliphatic carbocycles. The summed E-state index contributed by atoms with van der Waals surface area (Å²) >= 11 is 0. The molecule has 0 radical (unpaired) electrons. The largest absolute Gasteiger partial charge is 0.212 e. The van der Waals surface area contributed by atoms with E-state index in [-0.39, 0.29) is 5.41 Å². The number of fused-ring (bicyclic) bond motifs is 2. The topological polar surface area (TPSA) is 14.6 Å². The summed E-state index contributed by atoms with van der Waals surface area (Å²) in [6.07, 6.45) is 8.21. The van der Waals surface area contributed by atoms with Crippen LogP contribution in [0.25, 0.3) is 10.9 Å². The summed E-state index contributed by atoms with van der Waals surface area (Å²) in [5.41, 5.74) is 9.64. The Morgan fingerprint density at radius 1 is 0.561 bits per heavy atom. The van der Waals surface area contributed by atoms with Crippen molar-refractivity contribution in [2.45, 2.75) is 47.0 Å². The molecule has 212 valence electrons. The molecule has 4 heterocycles. The lowest BCUT2D eigenvalue weighted by molar-refractivity contribution is -0.677. The molecule has 5 aromatic rings. The zero-order chi connectivity index (χ0) is 30.2. The summed E-state index contributed by atoms with van der Waals surface area (Å²) in [6, 6.07) is 29.5. The molecule has 0 spiro atoms. The maximum Gasteiger partial charge on any atom is 0.212 e. The van der Waals surface area contributed by atoms with E-state index in [2.05, 4.69) is 148 Å². The van der Waals surface area contributed by atoms with Crippen molar-refractivity contribution in [3.05, 3.63) is 132 Å². The van der Waals surface area contributed by atoms with Gasteiger partial charge in [-0.25, -0.2) is 18.3 Å². The van der Waals surface area contributed by atoms with E-state index in [0.717, 1.165) is 0 Å². The van der Waals surface area contributed by atoms with Gasteiger partial charge >= 0.3 is 0 Å². The van der Waals surface area contributed by atoms with Gasteiger partial charge in [0.25, 0.3) is 0 Å². The van der Waals surface area contributed by atoms with Crippen LogP contribution >= 0.6 is 0 Å². The summed E-state index contributed by atoms with van der Waals surface area (Å²) in [7, 11) is 8.26. The molecule has 1 aliphatic rings. The van der Waals surface area contributed by atoms with Crippen LogP contribution in [0.15, 0.2) is 110 Å². The van der Waals surface area contributed by atoms with Crippen molar-refractivity contribution in [2.75, 3.05) is 7.05 Å². The molecule has 6 rings (SSSR count). The molecular weight excluding hydrogens is 500 g/mol. The lowest BCUT2D eigenvalue weighted by Gasteiger charge is -2.14. The third-order valence-electron chi connectivity index (χ3n) is 8.06. The lowest BCUT2D eigenvalue weighted by Crippen LogP contribution is -2.30. The van der Waals surface area contributed by atoms with Gasteiger partial charge in [-0.15, -0.1) is 0 Å². The Bertz CT molecular complexity index is 1550. The first kappa shape index (κ1) is 31.3. The van der Waals surface area contributed by atoms with Crippen LogP contribution in [0, 0.1) is 20.8 Å². The molecule has 2 aromatic carbocycles. The number of rotatable bonds is 0. The first-order chi connectivity index (χ1) is 19.4. The van der Waals surface area contributed by atoms with Crippen molar-refractivity contribution in [2.24, 2.45) is 21.1 Å². The van der Waals surface area contributed by atoms with Crippen LogP contribution in [0.5, 0.6) is 0 Å². The molecule has 0 fully saturated rings. The Morgan fingerprint density at radius 3 is 1.73 bits per heavy atom. The molecule has 0 N–H and O–H groups in total. The van der Waals surface area contributed by atoms with Gasteiger partial charge in [0, 0.05) is 67.3 Å². The van der Waals surface area contributed by atoms with Gasteiger partial charge in [-0.3, -0.25) is 0 Å². The maximum atomic E-state index is 2.29. The molecule has 0 saturated carbocycles.